The number of hydrogen-bond acceptors (Lipinski definition) is 4. The van der Waals surface area contributed by atoms with Crippen LogP contribution in [0.1, 0.15) is 12.5 Å². The Hall–Kier alpha value is -2.15. The molecule has 0 aliphatic carbocycles. The molecular weight excluding hydrogens is 192 g/mol. The molecule has 78 valence electrons. The summed E-state index contributed by atoms with van der Waals surface area (Å²) in [5, 5.41) is 8.83. The summed E-state index contributed by atoms with van der Waals surface area (Å²) in [6.07, 6.45) is 0. The molecule has 1 aromatic rings. The fourth-order valence-electron chi connectivity index (χ4n) is 0.949. The molecule has 0 aliphatic heterocycles. The lowest BCUT2D eigenvalue weighted by molar-refractivity contribution is 0.228. The van der Waals surface area contributed by atoms with Crippen molar-refractivity contribution in [2.24, 2.45) is 0 Å². The second-order valence-electron chi connectivity index (χ2n) is 2.96. The van der Waals surface area contributed by atoms with Crippen molar-refractivity contribution in [2.45, 2.75) is 6.92 Å². The number of hydrogen-bond donors (Lipinski definition) is 1. The van der Waals surface area contributed by atoms with Gasteiger partial charge in [0.1, 0.15) is 11.8 Å². The van der Waals surface area contributed by atoms with E-state index in [2.05, 4.69) is 12.1 Å². The number of nitriles is 1. The van der Waals surface area contributed by atoms with Gasteiger partial charge in [-0.05, 0) is 19.1 Å². The number of rotatable bonds is 4. The summed E-state index contributed by atoms with van der Waals surface area (Å²) in [6, 6.07) is 6.99. The fourth-order valence-corrected chi connectivity index (χ4v) is 0.949. The topological polar surface area (TPSA) is 54.3 Å². The van der Waals surface area contributed by atoms with Gasteiger partial charge in [-0.25, -0.2) is 5.48 Å². The second-order valence-corrected chi connectivity index (χ2v) is 2.96. The summed E-state index contributed by atoms with van der Waals surface area (Å²) < 4.78 is 5.02. The first-order chi connectivity index (χ1) is 7.17. The quantitative estimate of drug-likeness (QED) is 0.762. The SMILES string of the molecule is C=C(C)NOc1cc(OC)ccc1C#N. The minimum Gasteiger partial charge on any atom is -0.497 e. The Morgan fingerprint density at radius 2 is 2.27 bits per heavy atom. The second kappa shape index (κ2) is 4.91. The molecule has 0 saturated heterocycles. The summed E-state index contributed by atoms with van der Waals surface area (Å²) in [6.45, 7) is 5.37. The van der Waals surface area contributed by atoms with E-state index in [0.717, 1.165) is 0 Å². The summed E-state index contributed by atoms with van der Waals surface area (Å²) in [5.41, 5.74) is 3.68. The molecule has 0 fully saturated rings. The highest BCUT2D eigenvalue weighted by atomic mass is 16.6. The van der Waals surface area contributed by atoms with Crippen molar-refractivity contribution < 1.29 is 9.57 Å². The Kier molecular flexibility index (Phi) is 3.58. The number of methoxy groups -OCH3 is 1. The minimum absolute atomic E-state index is 0.417. The zero-order valence-electron chi connectivity index (χ0n) is 8.70. The molecule has 15 heavy (non-hydrogen) atoms. The first-order valence-electron chi connectivity index (χ1n) is 4.34. The average molecular weight is 204 g/mol. The molecule has 1 N–H and O–H groups in total. The Morgan fingerprint density at radius 3 is 2.80 bits per heavy atom. The maximum Gasteiger partial charge on any atom is 0.176 e. The molecule has 4 heteroatoms. The van der Waals surface area contributed by atoms with Crippen LogP contribution in [-0.4, -0.2) is 7.11 Å². The molecule has 0 aromatic heterocycles. The van der Waals surface area contributed by atoms with Crippen LogP contribution in [0.5, 0.6) is 11.5 Å². The standard InChI is InChI=1S/C11H12N2O2/c1-8(2)13-15-11-6-10(14-3)5-4-9(11)7-12/h4-6,13H,1H2,2-3H3. The van der Waals surface area contributed by atoms with Gasteiger partial charge in [0.25, 0.3) is 0 Å². The zero-order chi connectivity index (χ0) is 11.3. The maximum atomic E-state index is 8.83. The highest BCUT2D eigenvalue weighted by Gasteiger charge is 2.05. The van der Waals surface area contributed by atoms with Crippen LogP contribution < -0.4 is 15.1 Å². The number of benzene rings is 1. The fraction of sp³-hybridized carbons (Fsp3) is 0.182. The van der Waals surface area contributed by atoms with E-state index in [0.29, 0.717) is 22.8 Å². The highest BCUT2D eigenvalue weighted by Crippen LogP contribution is 2.23. The van der Waals surface area contributed by atoms with E-state index in [1.807, 2.05) is 6.07 Å². The lowest BCUT2D eigenvalue weighted by atomic mass is 10.2. The molecule has 4 nitrogen and oxygen atoms in total. The number of nitrogens with zero attached hydrogens (tertiary/aromatic N) is 1. The van der Waals surface area contributed by atoms with Gasteiger partial charge in [-0.2, -0.15) is 5.26 Å². The van der Waals surface area contributed by atoms with Crippen LogP contribution in [0.2, 0.25) is 0 Å². The molecule has 0 aliphatic rings. The van der Waals surface area contributed by atoms with Crippen molar-refractivity contribution in [2.75, 3.05) is 7.11 Å². The third kappa shape index (κ3) is 2.92. The van der Waals surface area contributed by atoms with Crippen LogP contribution in [0.25, 0.3) is 0 Å². The Labute approximate surface area is 88.7 Å². The Balaban J connectivity index is 2.92. The lowest BCUT2D eigenvalue weighted by Gasteiger charge is -2.09. The molecule has 0 unspecified atom stereocenters. The van der Waals surface area contributed by atoms with Gasteiger partial charge >= 0.3 is 0 Å². The van der Waals surface area contributed by atoms with Gasteiger partial charge in [0.2, 0.25) is 0 Å². The summed E-state index contributed by atoms with van der Waals surface area (Å²) >= 11 is 0. The summed E-state index contributed by atoms with van der Waals surface area (Å²) in [7, 11) is 1.55. The first-order valence-corrected chi connectivity index (χ1v) is 4.34. The third-order valence-corrected chi connectivity index (χ3v) is 1.64. The summed E-state index contributed by atoms with van der Waals surface area (Å²) in [4.78, 5) is 5.18. The van der Waals surface area contributed by atoms with Crippen molar-refractivity contribution in [1.29, 1.82) is 5.26 Å². The van der Waals surface area contributed by atoms with Crippen LogP contribution in [0.3, 0.4) is 0 Å². The number of nitrogens with one attached hydrogen (secondary N) is 1. The number of hydroxylamine groups is 1. The van der Waals surface area contributed by atoms with Crippen LogP contribution in [0, 0.1) is 11.3 Å². The monoisotopic (exact) mass is 204 g/mol. The van der Waals surface area contributed by atoms with Crippen molar-refractivity contribution in [1.82, 2.24) is 5.48 Å². The van der Waals surface area contributed by atoms with E-state index in [1.54, 1.807) is 32.2 Å². The van der Waals surface area contributed by atoms with Gasteiger partial charge in [-0.15, -0.1) is 0 Å². The van der Waals surface area contributed by atoms with Gasteiger partial charge in [0, 0.05) is 11.8 Å². The average Bonchev–Trinajstić information content (AvgIpc) is 2.25. The Bertz CT molecular complexity index is 408. The van der Waals surface area contributed by atoms with Gasteiger partial charge in [0.05, 0.1) is 12.7 Å². The van der Waals surface area contributed by atoms with E-state index < -0.39 is 0 Å². The van der Waals surface area contributed by atoms with Crippen LogP contribution >= 0.6 is 0 Å². The number of allylic oxidation sites excluding steroid dienone is 1. The first kappa shape index (κ1) is 10.9. The normalized spacial score (nSPS) is 8.87. The highest BCUT2D eigenvalue weighted by molar-refractivity contribution is 5.47. The van der Waals surface area contributed by atoms with Crippen molar-refractivity contribution in [3.63, 3.8) is 0 Å². The lowest BCUT2D eigenvalue weighted by Crippen LogP contribution is -2.15. The predicted molar refractivity (Wildman–Crippen MR) is 56.3 cm³/mol. The van der Waals surface area contributed by atoms with E-state index in [9.17, 15) is 0 Å². The van der Waals surface area contributed by atoms with Crippen molar-refractivity contribution >= 4 is 0 Å². The molecular formula is C11H12N2O2. The van der Waals surface area contributed by atoms with E-state index in [1.165, 1.54) is 0 Å². The molecule has 0 saturated carbocycles. The van der Waals surface area contributed by atoms with Crippen LogP contribution in [0.4, 0.5) is 0 Å². The van der Waals surface area contributed by atoms with Crippen LogP contribution in [0.15, 0.2) is 30.5 Å². The molecule has 1 rings (SSSR count). The molecule has 0 bridgehead atoms. The Morgan fingerprint density at radius 1 is 1.53 bits per heavy atom. The van der Waals surface area contributed by atoms with Gasteiger partial charge < -0.3 is 9.57 Å². The van der Waals surface area contributed by atoms with E-state index in [4.69, 9.17) is 14.8 Å². The molecule has 0 spiro atoms. The zero-order valence-corrected chi connectivity index (χ0v) is 8.70. The largest absolute Gasteiger partial charge is 0.497 e. The molecule has 0 amide bonds. The molecule has 0 heterocycles. The van der Waals surface area contributed by atoms with Crippen LogP contribution in [-0.2, 0) is 0 Å². The maximum absolute atomic E-state index is 8.83. The van der Waals surface area contributed by atoms with E-state index >= 15 is 0 Å². The van der Waals surface area contributed by atoms with E-state index in [-0.39, 0.29) is 0 Å². The number of ether oxygens (including phenoxy) is 1. The smallest absolute Gasteiger partial charge is 0.176 e. The predicted octanol–water partition coefficient (Wildman–Crippen LogP) is 1.98. The van der Waals surface area contributed by atoms with Crippen molar-refractivity contribution in [3.8, 4) is 17.6 Å². The van der Waals surface area contributed by atoms with Crippen molar-refractivity contribution in [3.05, 3.63) is 36.0 Å². The molecule has 0 radical (unpaired) electrons. The molecule has 1 aromatic carbocycles. The van der Waals surface area contributed by atoms with Gasteiger partial charge in [-0.1, -0.05) is 6.58 Å². The van der Waals surface area contributed by atoms with Gasteiger partial charge in [-0.3, -0.25) is 0 Å². The third-order valence-electron chi connectivity index (χ3n) is 1.64. The minimum atomic E-state index is 0.417. The molecule has 0 atom stereocenters. The van der Waals surface area contributed by atoms with Gasteiger partial charge in [0.15, 0.2) is 5.75 Å². The summed E-state index contributed by atoms with van der Waals surface area (Å²) in [5.74, 6) is 1.05.